The second-order valence-electron chi connectivity index (χ2n) is 6.60. The molecule has 0 bridgehead atoms. The Kier molecular flexibility index (Phi) is 3.80. The normalized spacial score (nSPS) is 33.0. The summed E-state index contributed by atoms with van der Waals surface area (Å²) < 4.78 is 5.90. The Labute approximate surface area is 120 Å². The molecule has 4 heteroatoms. The third-order valence-corrected chi connectivity index (χ3v) is 4.95. The Morgan fingerprint density at radius 2 is 2.20 bits per heavy atom. The van der Waals surface area contributed by atoms with Crippen LogP contribution in [0.1, 0.15) is 38.4 Å². The smallest absolute Gasteiger partial charge is 0.0915 e. The van der Waals surface area contributed by atoms with E-state index in [1.54, 1.807) is 12.4 Å². The minimum Gasteiger partial charge on any atom is -0.387 e. The van der Waals surface area contributed by atoms with E-state index in [1.165, 1.54) is 6.42 Å². The molecule has 1 aliphatic heterocycles. The molecular formula is C16H24N2O2. The molecule has 4 atom stereocenters. The number of hydrogen-bond donors (Lipinski definition) is 2. The van der Waals surface area contributed by atoms with Gasteiger partial charge in [-0.15, -0.1) is 0 Å². The van der Waals surface area contributed by atoms with Crippen molar-refractivity contribution in [2.24, 2.45) is 11.3 Å². The Morgan fingerprint density at radius 1 is 1.45 bits per heavy atom. The molecule has 1 saturated carbocycles. The molecule has 1 aliphatic carbocycles. The van der Waals surface area contributed by atoms with Crippen LogP contribution >= 0.6 is 0 Å². The van der Waals surface area contributed by atoms with E-state index in [0.717, 1.165) is 18.6 Å². The summed E-state index contributed by atoms with van der Waals surface area (Å²) in [6.45, 7) is 6.00. The summed E-state index contributed by atoms with van der Waals surface area (Å²) in [6, 6.07) is 4.17. The number of rotatable bonds is 4. The molecule has 0 amide bonds. The summed E-state index contributed by atoms with van der Waals surface area (Å²) in [7, 11) is 0. The molecule has 0 aromatic carbocycles. The lowest BCUT2D eigenvalue weighted by atomic mass is 9.55. The largest absolute Gasteiger partial charge is 0.387 e. The quantitative estimate of drug-likeness (QED) is 0.882. The number of hydrogen-bond acceptors (Lipinski definition) is 4. The lowest BCUT2D eigenvalue weighted by molar-refractivity contribution is -0.193. The molecule has 2 fully saturated rings. The molecule has 4 unspecified atom stereocenters. The van der Waals surface area contributed by atoms with E-state index < -0.39 is 6.10 Å². The van der Waals surface area contributed by atoms with Crippen LogP contribution in [-0.4, -0.2) is 35.4 Å². The first-order valence-electron chi connectivity index (χ1n) is 7.53. The van der Waals surface area contributed by atoms with Gasteiger partial charge in [0.15, 0.2) is 0 Å². The monoisotopic (exact) mass is 276 g/mol. The maximum Gasteiger partial charge on any atom is 0.0915 e. The van der Waals surface area contributed by atoms with Crippen LogP contribution in [0.15, 0.2) is 24.5 Å². The Hall–Kier alpha value is -0.970. The lowest BCUT2D eigenvalue weighted by Gasteiger charge is -2.60. The molecule has 0 radical (unpaired) electrons. The van der Waals surface area contributed by atoms with Crippen molar-refractivity contribution < 1.29 is 9.84 Å². The standard InChI is InChI=1S/C16H24N2O2/c1-16(2)14(12-4-3-9-20-15(12)16)18-10-13(19)11-5-7-17-8-6-11/h5-8,12-15,18-19H,3-4,9-10H2,1-2H3. The number of ether oxygens (including phenoxy) is 1. The Morgan fingerprint density at radius 3 is 2.95 bits per heavy atom. The van der Waals surface area contributed by atoms with Crippen LogP contribution in [0.3, 0.4) is 0 Å². The number of aliphatic hydroxyl groups is 1. The fraction of sp³-hybridized carbons (Fsp3) is 0.688. The lowest BCUT2D eigenvalue weighted by Crippen LogP contribution is -2.69. The summed E-state index contributed by atoms with van der Waals surface area (Å²) >= 11 is 0. The van der Waals surface area contributed by atoms with Gasteiger partial charge < -0.3 is 15.2 Å². The highest BCUT2D eigenvalue weighted by Crippen LogP contribution is 2.51. The highest BCUT2D eigenvalue weighted by Gasteiger charge is 2.57. The molecule has 3 rings (SSSR count). The van der Waals surface area contributed by atoms with Gasteiger partial charge in [0.2, 0.25) is 0 Å². The zero-order valence-corrected chi connectivity index (χ0v) is 12.2. The van der Waals surface area contributed by atoms with E-state index in [4.69, 9.17) is 4.74 Å². The third-order valence-electron chi connectivity index (χ3n) is 4.95. The summed E-state index contributed by atoms with van der Waals surface area (Å²) in [5, 5.41) is 13.8. The van der Waals surface area contributed by atoms with Crippen molar-refractivity contribution in [1.82, 2.24) is 10.3 Å². The van der Waals surface area contributed by atoms with Gasteiger partial charge >= 0.3 is 0 Å². The maximum absolute atomic E-state index is 10.2. The van der Waals surface area contributed by atoms with Crippen LogP contribution in [-0.2, 0) is 4.74 Å². The minimum atomic E-state index is -0.475. The van der Waals surface area contributed by atoms with Crippen LogP contribution in [0.4, 0.5) is 0 Å². The van der Waals surface area contributed by atoms with Gasteiger partial charge in [-0.3, -0.25) is 4.98 Å². The topological polar surface area (TPSA) is 54.4 Å². The SMILES string of the molecule is CC1(C)C(NCC(O)c2ccncc2)C2CCCOC21. The van der Waals surface area contributed by atoms with Crippen molar-refractivity contribution in [3.8, 4) is 0 Å². The van der Waals surface area contributed by atoms with E-state index in [9.17, 15) is 5.11 Å². The van der Waals surface area contributed by atoms with Crippen LogP contribution in [0, 0.1) is 11.3 Å². The van der Waals surface area contributed by atoms with Crippen molar-refractivity contribution in [2.75, 3.05) is 13.2 Å². The molecule has 1 saturated heterocycles. The highest BCUT2D eigenvalue weighted by molar-refractivity contribution is 5.15. The van der Waals surface area contributed by atoms with E-state index in [0.29, 0.717) is 24.6 Å². The Bertz CT molecular complexity index is 449. The van der Waals surface area contributed by atoms with Crippen LogP contribution in [0.2, 0.25) is 0 Å². The maximum atomic E-state index is 10.2. The van der Waals surface area contributed by atoms with Gasteiger partial charge in [0.1, 0.15) is 0 Å². The van der Waals surface area contributed by atoms with Crippen molar-refractivity contribution in [3.05, 3.63) is 30.1 Å². The van der Waals surface area contributed by atoms with Crippen molar-refractivity contribution in [2.45, 2.75) is 44.9 Å². The van der Waals surface area contributed by atoms with Gasteiger partial charge in [-0.25, -0.2) is 0 Å². The van der Waals surface area contributed by atoms with Gasteiger partial charge in [0.25, 0.3) is 0 Å². The van der Waals surface area contributed by atoms with E-state index in [1.807, 2.05) is 12.1 Å². The van der Waals surface area contributed by atoms with E-state index in [2.05, 4.69) is 24.1 Å². The average Bonchev–Trinajstić information content (AvgIpc) is 2.48. The van der Waals surface area contributed by atoms with Gasteiger partial charge in [0, 0.05) is 42.9 Å². The Balaban J connectivity index is 1.58. The molecule has 110 valence electrons. The molecule has 4 nitrogen and oxygen atoms in total. The number of nitrogens with one attached hydrogen (secondary N) is 1. The fourth-order valence-electron chi connectivity index (χ4n) is 3.88. The second-order valence-corrected chi connectivity index (χ2v) is 6.60. The van der Waals surface area contributed by atoms with E-state index >= 15 is 0 Å². The second kappa shape index (κ2) is 5.43. The van der Waals surface area contributed by atoms with Crippen molar-refractivity contribution in [1.29, 1.82) is 0 Å². The zero-order valence-electron chi connectivity index (χ0n) is 12.2. The first-order chi connectivity index (χ1) is 9.60. The van der Waals surface area contributed by atoms with Crippen molar-refractivity contribution in [3.63, 3.8) is 0 Å². The first-order valence-corrected chi connectivity index (χ1v) is 7.53. The minimum absolute atomic E-state index is 0.156. The molecule has 1 aromatic rings. The summed E-state index contributed by atoms with van der Waals surface area (Å²) in [4.78, 5) is 3.98. The molecular weight excluding hydrogens is 252 g/mol. The first kappa shape index (κ1) is 14.0. The predicted molar refractivity (Wildman–Crippen MR) is 77.2 cm³/mol. The predicted octanol–water partition coefficient (Wildman–Crippen LogP) is 1.91. The molecule has 20 heavy (non-hydrogen) atoms. The van der Waals surface area contributed by atoms with Crippen LogP contribution < -0.4 is 5.32 Å². The average molecular weight is 276 g/mol. The number of aromatic nitrogens is 1. The summed E-state index contributed by atoms with van der Waals surface area (Å²) in [5.74, 6) is 0.600. The molecule has 1 aromatic heterocycles. The van der Waals surface area contributed by atoms with Gasteiger partial charge in [-0.1, -0.05) is 13.8 Å². The number of nitrogens with zero attached hydrogens (tertiary/aromatic N) is 1. The number of pyridine rings is 1. The molecule has 2 N–H and O–H groups in total. The van der Waals surface area contributed by atoms with Crippen LogP contribution in [0.25, 0.3) is 0 Å². The van der Waals surface area contributed by atoms with Gasteiger partial charge in [-0.2, -0.15) is 0 Å². The van der Waals surface area contributed by atoms with Gasteiger partial charge in [-0.05, 0) is 30.5 Å². The van der Waals surface area contributed by atoms with Crippen LogP contribution in [0.5, 0.6) is 0 Å². The number of fused-ring (bicyclic) bond motifs is 1. The fourth-order valence-corrected chi connectivity index (χ4v) is 3.88. The van der Waals surface area contributed by atoms with Gasteiger partial charge in [0.05, 0.1) is 12.2 Å². The van der Waals surface area contributed by atoms with Crippen molar-refractivity contribution >= 4 is 0 Å². The highest BCUT2D eigenvalue weighted by atomic mass is 16.5. The zero-order chi connectivity index (χ0) is 14.2. The summed E-state index contributed by atoms with van der Waals surface area (Å²) in [6.07, 6.45) is 5.73. The summed E-state index contributed by atoms with van der Waals surface area (Å²) in [5.41, 5.74) is 1.07. The number of aliphatic hydroxyl groups excluding tert-OH is 1. The molecule has 0 spiro atoms. The van der Waals surface area contributed by atoms with E-state index in [-0.39, 0.29) is 5.41 Å². The molecule has 2 aliphatic rings. The third kappa shape index (κ3) is 2.36. The molecule has 2 heterocycles.